The molecule has 1 N–H and O–H groups in total. The minimum atomic E-state index is -0.691. The van der Waals surface area contributed by atoms with Gasteiger partial charge in [0.05, 0.1) is 18.5 Å². The third-order valence-electron chi connectivity index (χ3n) is 3.50. The Morgan fingerprint density at radius 3 is 3.24 bits per heavy atom. The quantitative estimate of drug-likeness (QED) is 0.672. The van der Waals surface area contributed by atoms with Crippen molar-refractivity contribution in [3.8, 4) is 0 Å². The topological polar surface area (TPSA) is 89.4 Å². The molecular formula is C12H14BN3O4S. The SMILES string of the molecule is O=NC(=O)C[C@@H]1CC[C@@H]2NC(Cc3cccs3)=NOB2O1. The molecule has 1 amide bonds. The number of carbonyl (C=O) groups excluding carboxylic acids is 1. The molecule has 2 aliphatic heterocycles. The molecule has 2 aliphatic rings. The van der Waals surface area contributed by atoms with Crippen LogP contribution in [0.15, 0.2) is 27.8 Å². The second kappa shape index (κ2) is 6.36. The molecule has 1 aromatic rings. The van der Waals surface area contributed by atoms with Crippen molar-refractivity contribution in [2.45, 2.75) is 37.7 Å². The number of oxime groups is 1. The normalized spacial score (nSPS) is 24.4. The van der Waals surface area contributed by atoms with Gasteiger partial charge in [-0.1, -0.05) is 11.2 Å². The van der Waals surface area contributed by atoms with E-state index in [9.17, 15) is 9.70 Å². The molecule has 2 atom stereocenters. The lowest BCUT2D eigenvalue weighted by Crippen LogP contribution is -2.56. The van der Waals surface area contributed by atoms with Gasteiger partial charge in [0.1, 0.15) is 5.84 Å². The number of hydrogen-bond donors (Lipinski definition) is 1. The number of nitrogens with one attached hydrogen (secondary N) is 1. The van der Waals surface area contributed by atoms with Crippen molar-refractivity contribution in [3.63, 3.8) is 0 Å². The van der Waals surface area contributed by atoms with Crippen LogP contribution in [0, 0.1) is 4.91 Å². The van der Waals surface area contributed by atoms with E-state index in [1.807, 2.05) is 17.5 Å². The Balaban J connectivity index is 1.56. The summed E-state index contributed by atoms with van der Waals surface area (Å²) in [6, 6.07) is 4.05. The van der Waals surface area contributed by atoms with Crippen LogP contribution >= 0.6 is 11.3 Å². The lowest BCUT2D eigenvalue weighted by Gasteiger charge is -2.35. The van der Waals surface area contributed by atoms with E-state index < -0.39 is 13.0 Å². The van der Waals surface area contributed by atoms with E-state index >= 15 is 0 Å². The molecule has 0 spiro atoms. The Morgan fingerprint density at radius 2 is 2.48 bits per heavy atom. The number of nitrogens with zero attached hydrogens (tertiary/aromatic N) is 2. The van der Waals surface area contributed by atoms with E-state index in [4.69, 9.17) is 9.41 Å². The second-order valence-electron chi connectivity index (χ2n) is 5.04. The zero-order chi connectivity index (χ0) is 14.7. The van der Waals surface area contributed by atoms with Crippen molar-refractivity contribution in [1.82, 2.24) is 5.32 Å². The smallest absolute Gasteiger partial charge is 0.429 e. The number of hydrogen-bond acceptors (Lipinski definition) is 7. The zero-order valence-electron chi connectivity index (χ0n) is 11.2. The number of carbonyl (C=O) groups is 1. The summed E-state index contributed by atoms with van der Waals surface area (Å²) < 4.78 is 11.0. The molecule has 0 bridgehead atoms. The van der Waals surface area contributed by atoms with Gasteiger partial charge in [-0.3, -0.25) is 4.79 Å². The van der Waals surface area contributed by atoms with E-state index in [1.165, 1.54) is 4.88 Å². The molecule has 21 heavy (non-hydrogen) atoms. The average molecular weight is 307 g/mol. The van der Waals surface area contributed by atoms with Crippen LogP contribution in [0.25, 0.3) is 0 Å². The van der Waals surface area contributed by atoms with Crippen LogP contribution in [-0.2, 0) is 20.6 Å². The number of fused-ring (bicyclic) bond motifs is 1. The molecule has 3 heterocycles. The Labute approximate surface area is 125 Å². The maximum atomic E-state index is 11.0. The number of rotatable bonds is 4. The van der Waals surface area contributed by atoms with E-state index in [1.54, 1.807) is 11.3 Å². The van der Waals surface area contributed by atoms with Crippen LogP contribution in [0.3, 0.4) is 0 Å². The van der Waals surface area contributed by atoms with Crippen molar-refractivity contribution in [1.29, 1.82) is 0 Å². The number of amidine groups is 1. The molecule has 0 radical (unpaired) electrons. The van der Waals surface area contributed by atoms with Gasteiger partial charge in [0.2, 0.25) is 0 Å². The second-order valence-corrected chi connectivity index (χ2v) is 6.08. The summed E-state index contributed by atoms with van der Waals surface area (Å²) in [4.78, 5) is 22.4. The zero-order valence-corrected chi connectivity index (χ0v) is 12.0. The molecule has 0 aromatic carbocycles. The number of nitroso groups, excluding NO2 is 1. The Morgan fingerprint density at radius 1 is 1.57 bits per heavy atom. The first-order chi connectivity index (χ1) is 10.2. The summed E-state index contributed by atoms with van der Waals surface area (Å²) in [6.07, 6.45) is 1.86. The summed E-state index contributed by atoms with van der Waals surface area (Å²) >= 11 is 1.67. The van der Waals surface area contributed by atoms with Crippen molar-refractivity contribution in [3.05, 3.63) is 27.3 Å². The highest BCUT2D eigenvalue weighted by Crippen LogP contribution is 2.23. The van der Waals surface area contributed by atoms with Gasteiger partial charge in [-0.15, -0.1) is 16.2 Å². The number of amides is 1. The highest BCUT2D eigenvalue weighted by molar-refractivity contribution is 7.10. The van der Waals surface area contributed by atoms with Gasteiger partial charge >= 0.3 is 7.12 Å². The molecule has 3 rings (SSSR count). The van der Waals surface area contributed by atoms with Gasteiger partial charge in [0.25, 0.3) is 5.91 Å². The van der Waals surface area contributed by atoms with Crippen molar-refractivity contribution >= 4 is 30.2 Å². The highest BCUT2D eigenvalue weighted by Gasteiger charge is 2.43. The van der Waals surface area contributed by atoms with Gasteiger partial charge in [0.15, 0.2) is 0 Å². The van der Waals surface area contributed by atoms with Gasteiger partial charge in [-0.05, 0) is 24.3 Å². The first kappa shape index (κ1) is 14.2. The summed E-state index contributed by atoms with van der Waals surface area (Å²) in [5, 5.41) is 11.8. The lowest BCUT2D eigenvalue weighted by molar-refractivity contribution is -0.120. The minimum Gasteiger partial charge on any atom is -0.429 e. The summed E-state index contributed by atoms with van der Waals surface area (Å²) in [5.41, 5.74) is 0. The summed E-state index contributed by atoms with van der Waals surface area (Å²) in [7, 11) is -0.518. The van der Waals surface area contributed by atoms with Crippen LogP contribution < -0.4 is 5.32 Å². The standard InChI is InChI=1S/C12H14BN3O4S/c17-12(15-18)6-8-3-4-10-13(19-8)20-16-11(14-10)7-9-2-1-5-21-9/h1-2,5,8,10H,3-4,6-7H2,(H,14,16)/t8-,10-/m0/s1. The first-order valence-electron chi connectivity index (χ1n) is 6.78. The fourth-order valence-corrected chi connectivity index (χ4v) is 3.20. The Kier molecular flexibility index (Phi) is 4.30. The molecule has 0 aliphatic carbocycles. The van der Waals surface area contributed by atoms with E-state index in [0.29, 0.717) is 12.8 Å². The fourth-order valence-electron chi connectivity index (χ4n) is 2.49. The molecule has 9 heteroatoms. The predicted octanol–water partition coefficient (Wildman–Crippen LogP) is 1.48. The molecule has 110 valence electrons. The monoisotopic (exact) mass is 307 g/mol. The van der Waals surface area contributed by atoms with Crippen LogP contribution in [0.1, 0.15) is 24.1 Å². The van der Waals surface area contributed by atoms with Crippen LogP contribution in [0.4, 0.5) is 0 Å². The highest BCUT2D eigenvalue weighted by atomic mass is 32.1. The number of thiophene rings is 1. The first-order valence-corrected chi connectivity index (χ1v) is 7.66. The third kappa shape index (κ3) is 3.48. The third-order valence-corrected chi connectivity index (χ3v) is 4.38. The van der Waals surface area contributed by atoms with Crippen molar-refractivity contribution < 1.29 is 14.2 Å². The van der Waals surface area contributed by atoms with Gasteiger partial charge in [-0.2, -0.15) is 0 Å². The molecule has 1 fully saturated rings. The van der Waals surface area contributed by atoms with Gasteiger partial charge in [-0.25, -0.2) is 0 Å². The maximum absolute atomic E-state index is 11.0. The molecule has 7 nitrogen and oxygen atoms in total. The van der Waals surface area contributed by atoms with Gasteiger partial charge < -0.3 is 14.7 Å². The Hall–Kier alpha value is -1.74. The average Bonchev–Trinajstić information content (AvgIpc) is 3.00. The van der Waals surface area contributed by atoms with E-state index in [2.05, 4.69) is 15.6 Å². The summed E-state index contributed by atoms with van der Waals surface area (Å²) in [5.74, 6) is 0.114. The summed E-state index contributed by atoms with van der Waals surface area (Å²) in [6.45, 7) is 0. The van der Waals surface area contributed by atoms with E-state index in [-0.39, 0.29) is 18.5 Å². The van der Waals surface area contributed by atoms with Crippen LogP contribution in [0.5, 0.6) is 0 Å². The van der Waals surface area contributed by atoms with Crippen LogP contribution in [0.2, 0.25) is 0 Å². The van der Waals surface area contributed by atoms with Crippen molar-refractivity contribution in [2.24, 2.45) is 10.3 Å². The molecule has 1 aromatic heterocycles. The minimum absolute atomic E-state index is 0.00183. The molecule has 0 unspecified atom stereocenters. The largest absolute Gasteiger partial charge is 0.573 e. The molecular weight excluding hydrogens is 293 g/mol. The predicted molar refractivity (Wildman–Crippen MR) is 78.7 cm³/mol. The van der Waals surface area contributed by atoms with Crippen LogP contribution in [-0.4, -0.2) is 30.9 Å². The molecule has 1 saturated heterocycles. The van der Waals surface area contributed by atoms with Gasteiger partial charge in [0, 0.05) is 16.5 Å². The van der Waals surface area contributed by atoms with Crippen molar-refractivity contribution in [2.75, 3.05) is 0 Å². The van der Waals surface area contributed by atoms with E-state index in [0.717, 1.165) is 12.3 Å². The maximum Gasteiger partial charge on any atom is 0.573 e. The lowest BCUT2D eigenvalue weighted by atomic mass is 9.71. The fraction of sp³-hybridized carbons (Fsp3) is 0.500. The molecule has 0 saturated carbocycles. The Bertz CT molecular complexity index is 551.